The van der Waals surface area contributed by atoms with Gasteiger partial charge in [0.2, 0.25) is 0 Å². The number of H-pyrrole nitrogens is 2. The average Bonchev–Trinajstić information content (AvgIpc) is 3.51. The second-order valence-electron chi connectivity index (χ2n) is 6.88. The summed E-state index contributed by atoms with van der Waals surface area (Å²) >= 11 is 1.69. The van der Waals surface area contributed by atoms with E-state index in [1.165, 1.54) is 0 Å². The molecule has 6 aromatic rings. The fourth-order valence-electron chi connectivity index (χ4n) is 3.63. The Morgan fingerprint density at radius 1 is 1.00 bits per heavy atom. The lowest BCUT2D eigenvalue weighted by atomic mass is 10.1. The van der Waals surface area contributed by atoms with Crippen molar-refractivity contribution < 1.29 is 0 Å². The normalized spacial score (nSPS) is 11.6. The van der Waals surface area contributed by atoms with Crippen molar-refractivity contribution in [2.24, 2.45) is 7.05 Å². The highest BCUT2D eigenvalue weighted by molar-refractivity contribution is 7.13. The van der Waals surface area contributed by atoms with Gasteiger partial charge in [-0.1, -0.05) is 6.07 Å². The number of nitrogens with zero attached hydrogens (tertiary/aromatic N) is 5. The molecule has 0 atom stereocenters. The molecule has 6 rings (SSSR count). The van der Waals surface area contributed by atoms with Gasteiger partial charge in [0, 0.05) is 53.1 Å². The second kappa shape index (κ2) is 6.11. The van der Waals surface area contributed by atoms with Crippen LogP contribution in [-0.4, -0.2) is 34.9 Å². The van der Waals surface area contributed by atoms with Crippen LogP contribution in [0.15, 0.2) is 60.5 Å². The first-order chi connectivity index (χ1) is 14.3. The Morgan fingerprint density at radius 2 is 1.97 bits per heavy atom. The third-order valence-electron chi connectivity index (χ3n) is 5.01. The first-order valence-corrected chi connectivity index (χ1v) is 9.99. The van der Waals surface area contributed by atoms with E-state index in [-0.39, 0.29) is 0 Å². The van der Waals surface area contributed by atoms with Crippen LogP contribution in [0.5, 0.6) is 0 Å². The molecule has 2 N–H and O–H groups in total. The predicted molar refractivity (Wildman–Crippen MR) is 114 cm³/mol. The topological polar surface area (TPSA) is 88.1 Å². The van der Waals surface area contributed by atoms with Gasteiger partial charge in [-0.15, -0.1) is 11.3 Å². The quantitative estimate of drug-likeness (QED) is 0.456. The summed E-state index contributed by atoms with van der Waals surface area (Å²) in [6, 6.07) is 10.3. The van der Waals surface area contributed by atoms with E-state index in [0.29, 0.717) is 0 Å². The van der Waals surface area contributed by atoms with Gasteiger partial charge < -0.3 is 4.98 Å². The number of aromatic nitrogens is 7. The van der Waals surface area contributed by atoms with Crippen LogP contribution < -0.4 is 0 Å². The van der Waals surface area contributed by atoms with E-state index in [4.69, 9.17) is 0 Å². The zero-order valence-corrected chi connectivity index (χ0v) is 16.2. The lowest BCUT2D eigenvalue weighted by molar-refractivity contribution is 0.768. The Bertz CT molecular complexity index is 1470. The molecule has 0 bridgehead atoms. The van der Waals surface area contributed by atoms with E-state index in [9.17, 15) is 0 Å². The zero-order chi connectivity index (χ0) is 19.4. The van der Waals surface area contributed by atoms with E-state index < -0.39 is 0 Å². The smallest absolute Gasteiger partial charge is 0.155 e. The molecule has 0 aromatic carbocycles. The number of hydrogen-bond acceptors (Lipinski definition) is 5. The van der Waals surface area contributed by atoms with Crippen molar-refractivity contribution >= 4 is 33.3 Å². The van der Waals surface area contributed by atoms with Gasteiger partial charge in [0.25, 0.3) is 0 Å². The molecule has 0 radical (unpaired) electrons. The molecule has 0 fully saturated rings. The van der Waals surface area contributed by atoms with Crippen LogP contribution in [-0.2, 0) is 7.05 Å². The van der Waals surface area contributed by atoms with Gasteiger partial charge in [-0.05, 0) is 29.6 Å². The Hall–Kier alpha value is -3.78. The third-order valence-corrected chi connectivity index (χ3v) is 5.89. The molecule has 140 valence electrons. The number of thiophene rings is 1. The minimum absolute atomic E-state index is 0.753. The summed E-state index contributed by atoms with van der Waals surface area (Å²) in [5, 5.41) is 15.9. The van der Waals surface area contributed by atoms with Crippen molar-refractivity contribution in [1.29, 1.82) is 0 Å². The van der Waals surface area contributed by atoms with Gasteiger partial charge in [0.15, 0.2) is 5.65 Å². The SMILES string of the molecule is Cn1cc(-c2cnc3[nH]nc(-c4cc5c(-c6cccs6)nccc5[nH]4)c3c2)cn1. The molecule has 0 amide bonds. The minimum atomic E-state index is 0.753. The third kappa shape index (κ3) is 2.57. The maximum absolute atomic E-state index is 4.60. The second-order valence-corrected chi connectivity index (χ2v) is 7.82. The van der Waals surface area contributed by atoms with Crippen LogP contribution in [0.2, 0.25) is 0 Å². The number of aromatic amines is 2. The first kappa shape index (κ1) is 16.2. The minimum Gasteiger partial charge on any atom is -0.353 e. The average molecular weight is 397 g/mol. The van der Waals surface area contributed by atoms with E-state index in [2.05, 4.69) is 53.8 Å². The number of pyridine rings is 2. The summed E-state index contributed by atoms with van der Waals surface area (Å²) < 4.78 is 1.78. The highest BCUT2D eigenvalue weighted by atomic mass is 32.1. The standard InChI is InChI=1S/C21H15N7S/c1-28-11-13(10-24-28)12-7-15-19(26-27-21(15)23-9-12)17-8-14-16(25-17)4-5-22-20(14)18-3-2-6-29-18/h2-11,25H,1H3,(H,23,26,27). The lowest BCUT2D eigenvalue weighted by Crippen LogP contribution is -1.84. The van der Waals surface area contributed by atoms with Crippen molar-refractivity contribution in [3.63, 3.8) is 0 Å². The van der Waals surface area contributed by atoms with Crippen LogP contribution >= 0.6 is 11.3 Å². The van der Waals surface area contributed by atoms with E-state index >= 15 is 0 Å². The maximum atomic E-state index is 4.60. The van der Waals surface area contributed by atoms with Crippen molar-refractivity contribution in [1.82, 2.24) is 34.9 Å². The molecular weight excluding hydrogens is 382 g/mol. The zero-order valence-electron chi connectivity index (χ0n) is 15.4. The fraction of sp³-hybridized carbons (Fsp3) is 0.0476. The number of nitrogens with one attached hydrogen (secondary N) is 2. The van der Waals surface area contributed by atoms with Crippen molar-refractivity contribution in [3.8, 4) is 33.1 Å². The number of rotatable bonds is 3. The summed E-state index contributed by atoms with van der Waals surface area (Å²) in [4.78, 5) is 13.8. The Morgan fingerprint density at radius 3 is 2.79 bits per heavy atom. The summed E-state index contributed by atoms with van der Waals surface area (Å²) in [6.45, 7) is 0. The van der Waals surface area contributed by atoms with Crippen LogP contribution in [0.1, 0.15) is 0 Å². The molecule has 0 saturated heterocycles. The van der Waals surface area contributed by atoms with Crippen LogP contribution in [0, 0.1) is 0 Å². The van der Waals surface area contributed by atoms with Gasteiger partial charge in [0.1, 0.15) is 5.69 Å². The van der Waals surface area contributed by atoms with Gasteiger partial charge in [-0.3, -0.25) is 14.8 Å². The fourth-order valence-corrected chi connectivity index (χ4v) is 4.36. The van der Waals surface area contributed by atoms with Crippen LogP contribution in [0.4, 0.5) is 0 Å². The molecule has 0 aliphatic carbocycles. The summed E-state index contributed by atoms with van der Waals surface area (Å²) in [5.74, 6) is 0. The Kier molecular flexibility index (Phi) is 3.41. The molecule has 0 aliphatic heterocycles. The molecule has 0 spiro atoms. The van der Waals surface area contributed by atoms with E-state index in [1.807, 2.05) is 44.0 Å². The molecule has 0 aliphatic rings. The molecule has 6 heterocycles. The van der Waals surface area contributed by atoms with Crippen LogP contribution in [0.25, 0.3) is 55.0 Å². The van der Waals surface area contributed by atoms with Gasteiger partial charge in [-0.25, -0.2) is 4.98 Å². The summed E-state index contributed by atoms with van der Waals surface area (Å²) in [7, 11) is 1.91. The first-order valence-electron chi connectivity index (χ1n) is 9.11. The monoisotopic (exact) mass is 397 g/mol. The van der Waals surface area contributed by atoms with Crippen molar-refractivity contribution in [2.75, 3.05) is 0 Å². The molecule has 0 saturated carbocycles. The summed E-state index contributed by atoms with van der Waals surface area (Å²) in [6.07, 6.45) is 7.49. The highest BCUT2D eigenvalue weighted by Crippen LogP contribution is 2.34. The van der Waals surface area contributed by atoms with Crippen LogP contribution in [0.3, 0.4) is 0 Å². The Balaban J connectivity index is 1.53. The largest absolute Gasteiger partial charge is 0.353 e. The molecule has 8 heteroatoms. The van der Waals surface area contributed by atoms with E-state index in [0.717, 1.165) is 55.0 Å². The van der Waals surface area contributed by atoms with Crippen molar-refractivity contribution in [2.45, 2.75) is 0 Å². The van der Waals surface area contributed by atoms with Crippen molar-refractivity contribution in [3.05, 3.63) is 60.5 Å². The molecule has 7 nitrogen and oxygen atoms in total. The molecule has 29 heavy (non-hydrogen) atoms. The number of aryl methyl sites for hydroxylation is 1. The summed E-state index contributed by atoms with van der Waals surface area (Å²) in [5.41, 5.74) is 6.57. The van der Waals surface area contributed by atoms with Gasteiger partial charge in [-0.2, -0.15) is 10.2 Å². The predicted octanol–water partition coefficient (Wildman–Crippen LogP) is 4.63. The van der Waals surface area contributed by atoms with E-state index in [1.54, 1.807) is 16.0 Å². The molecular formula is C21H15N7S. The van der Waals surface area contributed by atoms with Gasteiger partial charge in [0.05, 0.1) is 22.5 Å². The molecule has 6 aromatic heterocycles. The molecule has 0 unspecified atom stereocenters. The van der Waals surface area contributed by atoms with Gasteiger partial charge >= 0.3 is 0 Å². The maximum Gasteiger partial charge on any atom is 0.155 e. The number of hydrogen-bond donors (Lipinski definition) is 2. The highest BCUT2D eigenvalue weighted by Gasteiger charge is 2.16. The Labute approximate surface area is 169 Å². The number of fused-ring (bicyclic) bond motifs is 2. The lowest BCUT2D eigenvalue weighted by Gasteiger charge is -1.98.